The van der Waals surface area contributed by atoms with Gasteiger partial charge in [0.1, 0.15) is 23.4 Å². The van der Waals surface area contributed by atoms with Crippen molar-refractivity contribution in [3.63, 3.8) is 0 Å². The van der Waals surface area contributed by atoms with Gasteiger partial charge in [-0.3, -0.25) is 14.2 Å². The number of esters is 2. The maximum atomic E-state index is 14.0. The molecule has 2 aromatic rings. The van der Waals surface area contributed by atoms with Crippen LogP contribution < -0.4 is 15.9 Å². The number of pyridine rings is 1. The number of anilines is 1. The molecule has 2 heterocycles. The zero-order valence-electron chi connectivity index (χ0n) is 22.3. The second kappa shape index (κ2) is 12.1. The van der Waals surface area contributed by atoms with E-state index in [1.165, 1.54) is 6.92 Å². The van der Waals surface area contributed by atoms with Crippen molar-refractivity contribution in [1.29, 1.82) is 0 Å². The number of nitrogens with one attached hydrogen (secondary N) is 2. The number of carbonyl (C=O) groups is 2. The maximum absolute atomic E-state index is 14.0. The number of hydrogen-bond acceptors (Lipinski definition) is 9. The molecule has 0 aliphatic heterocycles. The quantitative estimate of drug-likeness (QED) is 0.260. The van der Waals surface area contributed by atoms with E-state index in [-0.39, 0.29) is 18.6 Å². The molecule has 13 heteroatoms. The van der Waals surface area contributed by atoms with E-state index < -0.39 is 37.1 Å². The molecule has 0 saturated carbocycles. The molecule has 0 fully saturated rings. The summed E-state index contributed by atoms with van der Waals surface area (Å²) in [5.74, 6) is -1.16. The van der Waals surface area contributed by atoms with E-state index in [0.717, 1.165) is 0 Å². The van der Waals surface area contributed by atoms with E-state index in [0.29, 0.717) is 23.4 Å². The number of nitrogens with two attached hydrogens (primary N) is 1. The molecule has 2 aromatic heterocycles. The summed E-state index contributed by atoms with van der Waals surface area (Å²) in [6.45, 7) is 13.7. The van der Waals surface area contributed by atoms with E-state index in [1.807, 2.05) is 0 Å². The van der Waals surface area contributed by atoms with Crippen LogP contribution in [0.15, 0.2) is 18.6 Å². The Hall–Kier alpha value is -2.53. The average molecular weight is 527 g/mol. The summed E-state index contributed by atoms with van der Waals surface area (Å²) in [4.78, 5) is 33.6. The fourth-order valence-corrected chi connectivity index (χ4v) is 5.73. The van der Waals surface area contributed by atoms with Gasteiger partial charge in [-0.05, 0) is 61.5 Å². The third-order valence-electron chi connectivity index (χ3n) is 4.95. The molecule has 36 heavy (non-hydrogen) atoms. The molecule has 0 aliphatic rings. The molecule has 4 N–H and O–H groups in total. The molecule has 0 radical (unpaired) electrons. The molecule has 0 amide bonds. The van der Waals surface area contributed by atoms with Crippen molar-refractivity contribution in [2.24, 2.45) is 0 Å². The van der Waals surface area contributed by atoms with E-state index >= 15 is 0 Å². The first-order valence-electron chi connectivity index (χ1n) is 11.9. The van der Waals surface area contributed by atoms with Crippen molar-refractivity contribution in [2.45, 2.75) is 91.8 Å². The zero-order valence-corrected chi connectivity index (χ0v) is 23.2. The zero-order chi connectivity index (χ0) is 27.3. The molecule has 0 saturated heterocycles. The second-order valence-corrected chi connectivity index (χ2v) is 12.1. The lowest BCUT2D eigenvalue weighted by Crippen LogP contribution is -2.51. The molecule has 0 aliphatic carbocycles. The monoisotopic (exact) mass is 526 g/mol. The molecule has 12 nitrogen and oxygen atoms in total. The highest BCUT2D eigenvalue weighted by Gasteiger charge is 2.39. The molecule has 2 rings (SSSR count). The topological polar surface area (TPSA) is 160 Å². The van der Waals surface area contributed by atoms with Gasteiger partial charge in [0.15, 0.2) is 5.65 Å². The highest BCUT2D eigenvalue weighted by Crippen LogP contribution is 2.40. The van der Waals surface area contributed by atoms with Crippen LogP contribution in [0, 0.1) is 0 Å². The van der Waals surface area contributed by atoms with Gasteiger partial charge in [-0.15, -0.1) is 0 Å². The average Bonchev–Trinajstić information content (AvgIpc) is 3.15. The van der Waals surface area contributed by atoms with Gasteiger partial charge >= 0.3 is 11.9 Å². The van der Waals surface area contributed by atoms with E-state index in [4.69, 9.17) is 19.9 Å². The molecular weight excluding hydrogens is 487 g/mol. The summed E-state index contributed by atoms with van der Waals surface area (Å²) in [7, 11) is -3.68. The van der Waals surface area contributed by atoms with Crippen LogP contribution in [0.25, 0.3) is 11.2 Å². The van der Waals surface area contributed by atoms with Crippen LogP contribution in [0.4, 0.5) is 5.69 Å². The minimum atomic E-state index is -3.68. The van der Waals surface area contributed by atoms with Crippen LogP contribution in [0.3, 0.4) is 0 Å². The third-order valence-corrected chi connectivity index (χ3v) is 7.19. The van der Waals surface area contributed by atoms with Gasteiger partial charge in [0.05, 0.1) is 36.9 Å². The molecular formula is C23H39N6O6P. The number of ether oxygens (including phenoxy) is 3. The number of nitrogens with zero attached hydrogens (tertiary/aromatic N) is 3. The Morgan fingerprint density at radius 2 is 1.75 bits per heavy atom. The highest BCUT2D eigenvalue weighted by molar-refractivity contribution is 7.59. The van der Waals surface area contributed by atoms with E-state index in [9.17, 15) is 14.2 Å². The van der Waals surface area contributed by atoms with Crippen molar-refractivity contribution in [2.75, 3.05) is 12.1 Å². The lowest BCUT2D eigenvalue weighted by Gasteiger charge is -2.33. The van der Waals surface area contributed by atoms with Crippen molar-refractivity contribution in [3.05, 3.63) is 18.6 Å². The van der Waals surface area contributed by atoms with Crippen LogP contribution in [0.1, 0.15) is 55.4 Å². The first-order chi connectivity index (χ1) is 16.6. The fourth-order valence-electron chi connectivity index (χ4n) is 3.34. The number of fused-ring (bicyclic) bond motifs is 1. The number of hydrogen-bond donors (Lipinski definition) is 3. The molecule has 0 bridgehead atoms. The first kappa shape index (κ1) is 29.7. The van der Waals surface area contributed by atoms with E-state index in [2.05, 4.69) is 20.1 Å². The SMILES string of the molecule is CC(C)OC(=O)[C@@H](C)NP(=O)(CO[C@H](C)Cn1cnc2c(N)ccnc21)NC(C)(C)C(=O)OC(C)C. The lowest BCUT2D eigenvalue weighted by atomic mass is 10.1. The van der Waals surface area contributed by atoms with Crippen LogP contribution in [0.2, 0.25) is 0 Å². The maximum Gasteiger partial charge on any atom is 0.326 e. The summed E-state index contributed by atoms with van der Waals surface area (Å²) in [5, 5.41) is 5.66. The number of aromatic nitrogens is 3. The molecule has 0 spiro atoms. The van der Waals surface area contributed by atoms with Crippen molar-refractivity contribution in [3.8, 4) is 0 Å². The Morgan fingerprint density at radius 1 is 1.11 bits per heavy atom. The Labute approximate surface area is 212 Å². The summed E-state index contributed by atoms with van der Waals surface area (Å²) in [6, 6.07) is 0.747. The Balaban J connectivity index is 2.18. The third kappa shape index (κ3) is 8.26. The number of imidazole rings is 1. The molecule has 0 aromatic carbocycles. The van der Waals surface area contributed by atoms with Crippen LogP contribution in [-0.2, 0) is 34.9 Å². The van der Waals surface area contributed by atoms with Gasteiger partial charge in [-0.1, -0.05) is 0 Å². The largest absolute Gasteiger partial charge is 0.462 e. The van der Waals surface area contributed by atoms with Crippen LogP contribution >= 0.6 is 7.44 Å². The van der Waals surface area contributed by atoms with Gasteiger partial charge in [-0.25, -0.2) is 20.1 Å². The Morgan fingerprint density at radius 3 is 2.36 bits per heavy atom. The Bertz CT molecular complexity index is 1100. The van der Waals surface area contributed by atoms with Crippen molar-refractivity contribution >= 4 is 36.2 Å². The summed E-state index contributed by atoms with van der Waals surface area (Å²) < 4.78 is 32.2. The highest BCUT2D eigenvalue weighted by atomic mass is 31.2. The van der Waals surface area contributed by atoms with Gasteiger partial charge in [-0.2, -0.15) is 0 Å². The number of nitrogen functional groups attached to an aromatic ring is 1. The normalized spacial score (nSPS) is 15.6. The smallest absolute Gasteiger partial charge is 0.326 e. The van der Waals surface area contributed by atoms with Crippen LogP contribution in [-0.4, -0.2) is 62.7 Å². The summed E-state index contributed by atoms with van der Waals surface area (Å²) in [6.07, 6.45) is 1.78. The first-order valence-corrected chi connectivity index (χ1v) is 13.8. The second-order valence-electron chi connectivity index (χ2n) is 9.84. The number of carbonyl (C=O) groups excluding carboxylic acids is 2. The van der Waals surface area contributed by atoms with Crippen molar-refractivity contribution in [1.82, 2.24) is 24.7 Å². The minimum Gasteiger partial charge on any atom is -0.462 e. The standard InChI is InChI=1S/C23H39N6O6P/c1-14(2)34-21(30)17(6)27-36(32,28-23(7,8)22(31)35-15(3)4)13-33-16(5)11-29-12-26-19-18(24)9-10-25-20(19)29/h9-10,12,14-17H,11,13H2,1-8H3,(H2,24,25)(H2,27,28,32)/t16-,17-,36?/m1/s1. The number of rotatable bonds is 13. The fraction of sp³-hybridized carbons (Fsp3) is 0.652. The Kier molecular flexibility index (Phi) is 10.0. The molecule has 202 valence electrons. The summed E-state index contributed by atoms with van der Waals surface area (Å²) in [5.41, 5.74) is 6.33. The summed E-state index contributed by atoms with van der Waals surface area (Å²) >= 11 is 0. The van der Waals surface area contributed by atoms with Gasteiger partial charge in [0.25, 0.3) is 0 Å². The van der Waals surface area contributed by atoms with Gasteiger partial charge in [0, 0.05) is 6.20 Å². The van der Waals surface area contributed by atoms with Gasteiger partial charge in [0.2, 0.25) is 7.44 Å². The van der Waals surface area contributed by atoms with E-state index in [1.54, 1.807) is 71.6 Å². The minimum absolute atomic E-state index is 0.311. The predicted octanol–water partition coefficient (Wildman–Crippen LogP) is 2.82. The van der Waals surface area contributed by atoms with Gasteiger partial charge < -0.3 is 24.5 Å². The van der Waals surface area contributed by atoms with Crippen LogP contribution in [0.5, 0.6) is 0 Å². The lowest BCUT2D eigenvalue weighted by molar-refractivity contribution is -0.153. The molecule has 3 atom stereocenters. The van der Waals surface area contributed by atoms with Crippen molar-refractivity contribution < 1.29 is 28.4 Å². The predicted molar refractivity (Wildman–Crippen MR) is 137 cm³/mol. The molecule has 1 unspecified atom stereocenters.